The van der Waals surface area contributed by atoms with Crippen molar-refractivity contribution in [3.8, 4) is 0 Å². The zero-order chi connectivity index (χ0) is 11.4. The SMILES string of the molecule is CCCc1n[nH]c(=S)n1/N=C\c1ccco1. The summed E-state index contributed by atoms with van der Waals surface area (Å²) in [5, 5.41) is 11.1. The Morgan fingerprint density at radius 2 is 2.56 bits per heavy atom. The van der Waals surface area contributed by atoms with Crippen LogP contribution < -0.4 is 0 Å². The van der Waals surface area contributed by atoms with Crippen LogP contribution in [0.2, 0.25) is 0 Å². The summed E-state index contributed by atoms with van der Waals surface area (Å²) in [4.78, 5) is 0. The highest BCUT2D eigenvalue weighted by Crippen LogP contribution is 2.02. The number of nitrogens with one attached hydrogen (secondary N) is 1. The molecule has 5 nitrogen and oxygen atoms in total. The van der Waals surface area contributed by atoms with Crippen molar-refractivity contribution in [2.24, 2.45) is 5.10 Å². The second-order valence-corrected chi connectivity index (χ2v) is 3.65. The highest BCUT2D eigenvalue weighted by molar-refractivity contribution is 7.71. The van der Waals surface area contributed by atoms with Crippen molar-refractivity contribution in [1.82, 2.24) is 14.9 Å². The number of aryl methyl sites for hydroxylation is 1. The van der Waals surface area contributed by atoms with Crippen LogP contribution in [0.5, 0.6) is 0 Å². The van der Waals surface area contributed by atoms with Crippen LogP contribution in [0.1, 0.15) is 24.9 Å². The molecule has 0 aliphatic rings. The van der Waals surface area contributed by atoms with E-state index in [-0.39, 0.29) is 0 Å². The zero-order valence-electron chi connectivity index (χ0n) is 8.88. The topological polar surface area (TPSA) is 59.1 Å². The molecule has 0 saturated heterocycles. The fourth-order valence-electron chi connectivity index (χ4n) is 1.31. The van der Waals surface area contributed by atoms with Gasteiger partial charge < -0.3 is 4.42 Å². The molecule has 2 aromatic heterocycles. The fourth-order valence-corrected chi connectivity index (χ4v) is 1.51. The van der Waals surface area contributed by atoms with E-state index in [0.29, 0.717) is 10.5 Å². The summed E-state index contributed by atoms with van der Waals surface area (Å²) in [5.74, 6) is 1.51. The van der Waals surface area contributed by atoms with Gasteiger partial charge in [-0.15, -0.1) is 0 Å². The zero-order valence-corrected chi connectivity index (χ0v) is 9.70. The Hall–Kier alpha value is -1.69. The van der Waals surface area contributed by atoms with Crippen LogP contribution in [-0.4, -0.2) is 21.1 Å². The minimum atomic E-state index is 0.492. The van der Waals surface area contributed by atoms with E-state index in [1.54, 1.807) is 17.2 Å². The predicted octanol–water partition coefficient (Wildman–Crippen LogP) is 2.37. The van der Waals surface area contributed by atoms with Crippen molar-refractivity contribution in [3.05, 3.63) is 34.8 Å². The average molecular weight is 236 g/mol. The molecule has 0 radical (unpaired) electrons. The first-order chi connectivity index (χ1) is 7.81. The normalized spacial score (nSPS) is 11.3. The van der Waals surface area contributed by atoms with E-state index in [1.807, 2.05) is 12.1 Å². The number of H-pyrrole nitrogens is 1. The number of nitrogens with zero attached hydrogens (tertiary/aromatic N) is 3. The molecule has 16 heavy (non-hydrogen) atoms. The van der Waals surface area contributed by atoms with Gasteiger partial charge in [0.15, 0.2) is 5.82 Å². The van der Waals surface area contributed by atoms with Crippen molar-refractivity contribution in [2.45, 2.75) is 19.8 Å². The third-order valence-corrected chi connectivity index (χ3v) is 2.30. The number of aromatic amines is 1. The van der Waals surface area contributed by atoms with Gasteiger partial charge >= 0.3 is 0 Å². The molecule has 0 aliphatic heterocycles. The molecule has 0 saturated carbocycles. The minimum absolute atomic E-state index is 0.492. The summed E-state index contributed by atoms with van der Waals surface area (Å²) in [7, 11) is 0. The van der Waals surface area contributed by atoms with E-state index in [2.05, 4.69) is 22.2 Å². The quantitative estimate of drug-likeness (QED) is 0.655. The average Bonchev–Trinajstić information content (AvgIpc) is 2.88. The largest absolute Gasteiger partial charge is 0.463 e. The molecule has 6 heteroatoms. The molecule has 0 aliphatic carbocycles. The third-order valence-electron chi connectivity index (χ3n) is 2.03. The van der Waals surface area contributed by atoms with Crippen LogP contribution in [0.15, 0.2) is 27.9 Å². The Balaban J connectivity index is 2.26. The summed E-state index contributed by atoms with van der Waals surface area (Å²) in [6.07, 6.45) is 5.05. The first kappa shape index (κ1) is 10.8. The van der Waals surface area contributed by atoms with E-state index in [1.165, 1.54) is 0 Å². The van der Waals surface area contributed by atoms with Crippen molar-refractivity contribution in [2.75, 3.05) is 0 Å². The molecule has 0 amide bonds. The summed E-state index contributed by atoms with van der Waals surface area (Å²) in [5.41, 5.74) is 0. The number of hydrogen-bond acceptors (Lipinski definition) is 4. The third kappa shape index (κ3) is 2.27. The number of rotatable bonds is 4. The Labute approximate surface area is 97.8 Å². The Bertz CT molecular complexity index is 523. The second-order valence-electron chi connectivity index (χ2n) is 3.27. The molecule has 84 valence electrons. The lowest BCUT2D eigenvalue weighted by Crippen LogP contribution is -1.98. The monoisotopic (exact) mass is 236 g/mol. The van der Waals surface area contributed by atoms with Gasteiger partial charge in [0.05, 0.1) is 12.5 Å². The van der Waals surface area contributed by atoms with E-state index >= 15 is 0 Å². The number of hydrogen-bond donors (Lipinski definition) is 1. The minimum Gasteiger partial charge on any atom is -0.463 e. The van der Waals surface area contributed by atoms with E-state index in [9.17, 15) is 0 Å². The lowest BCUT2D eigenvalue weighted by atomic mass is 10.3. The van der Waals surface area contributed by atoms with E-state index < -0.39 is 0 Å². The second kappa shape index (κ2) is 4.89. The van der Waals surface area contributed by atoms with E-state index in [0.717, 1.165) is 18.7 Å². The van der Waals surface area contributed by atoms with Crippen LogP contribution in [0.4, 0.5) is 0 Å². The summed E-state index contributed by atoms with van der Waals surface area (Å²) >= 11 is 5.08. The first-order valence-electron chi connectivity index (χ1n) is 5.05. The maximum Gasteiger partial charge on any atom is 0.216 e. The van der Waals surface area contributed by atoms with Crippen LogP contribution in [-0.2, 0) is 6.42 Å². The molecule has 0 bridgehead atoms. The summed E-state index contributed by atoms with van der Waals surface area (Å²) < 4.78 is 7.25. The highest BCUT2D eigenvalue weighted by Gasteiger charge is 2.02. The van der Waals surface area contributed by atoms with Gasteiger partial charge in [0.2, 0.25) is 4.77 Å². The predicted molar refractivity (Wildman–Crippen MR) is 63.1 cm³/mol. The van der Waals surface area contributed by atoms with E-state index in [4.69, 9.17) is 16.6 Å². The lowest BCUT2D eigenvalue weighted by molar-refractivity contribution is 0.559. The Morgan fingerprint density at radius 3 is 3.25 bits per heavy atom. The standard InChI is InChI=1S/C10H12N4OS/c1-2-4-9-12-13-10(16)14(9)11-7-8-5-3-6-15-8/h3,5-7H,2,4H2,1H3,(H,13,16)/b11-7-. The van der Waals surface area contributed by atoms with Crippen LogP contribution in [0.3, 0.4) is 0 Å². The smallest absolute Gasteiger partial charge is 0.216 e. The molecule has 0 unspecified atom stereocenters. The Morgan fingerprint density at radius 1 is 1.69 bits per heavy atom. The molecule has 0 aromatic carbocycles. The molecule has 0 atom stereocenters. The maximum atomic E-state index is 5.14. The van der Waals surface area contributed by atoms with Gasteiger partial charge in [-0.2, -0.15) is 14.9 Å². The molecule has 2 aromatic rings. The molecular weight excluding hydrogens is 224 g/mol. The molecule has 2 heterocycles. The maximum absolute atomic E-state index is 5.14. The number of furan rings is 1. The first-order valence-corrected chi connectivity index (χ1v) is 5.46. The van der Waals surface area contributed by atoms with Gasteiger partial charge in [0, 0.05) is 6.42 Å². The van der Waals surface area contributed by atoms with Gasteiger partial charge in [0.25, 0.3) is 0 Å². The van der Waals surface area contributed by atoms with Gasteiger partial charge in [-0.1, -0.05) is 6.92 Å². The summed E-state index contributed by atoms with van der Waals surface area (Å²) in [6.45, 7) is 2.08. The molecule has 0 spiro atoms. The van der Waals surface area contributed by atoms with Gasteiger partial charge in [-0.25, -0.2) is 0 Å². The molecular formula is C10H12N4OS. The van der Waals surface area contributed by atoms with Gasteiger partial charge in [0.1, 0.15) is 5.76 Å². The van der Waals surface area contributed by atoms with Crippen molar-refractivity contribution in [1.29, 1.82) is 0 Å². The van der Waals surface area contributed by atoms with Crippen molar-refractivity contribution >= 4 is 18.4 Å². The fraction of sp³-hybridized carbons (Fsp3) is 0.300. The highest BCUT2D eigenvalue weighted by atomic mass is 32.1. The van der Waals surface area contributed by atoms with Crippen LogP contribution in [0, 0.1) is 4.77 Å². The molecule has 2 rings (SSSR count). The molecule has 1 N–H and O–H groups in total. The molecule has 0 fully saturated rings. The van der Waals surface area contributed by atoms with Crippen LogP contribution >= 0.6 is 12.2 Å². The number of aromatic nitrogens is 3. The van der Waals surface area contributed by atoms with Crippen LogP contribution in [0.25, 0.3) is 0 Å². The van der Waals surface area contributed by atoms with Gasteiger partial charge in [-0.05, 0) is 30.8 Å². The van der Waals surface area contributed by atoms with Gasteiger partial charge in [-0.3, -0.25) is 5.10 Å². The van der Waals surface area contributed by atoms with Crippen molar-refractivity contribution < 1.29 is 4.42 Å². The Kier molecular flexibility index (Phi) is 3.31. The summed E-state index contributed by atoms with van der Waals surface area (Å²) in [6, 6.07) is 3.63. The lowest BCUT2D eigenvalue weighted by Gasteiger charge is -1.96. The van der Waals surface area contributed by atoms with Crippen molar-refractivity contribution in [3.63, 3.8) is 0 Å².